The standard InChI is InChI=1S/C57H35N5O/c1-4-15-36(16-5-1)37-27-29-39(30-28-37)56-58-55(38-17-6-2-7-18-38)59-57(60-56)45-23-14-26-50-52(45)44-32-31-41(35-51(44)63-50)62-47-25-13-11-22-43(47)54-49(62)34-33-48-53(54)42-21-10-12-24-46(42)61(48)40-19-8-3-9-20-40/h1-35H. The monoisotopic (exact) mass is 805 g/mol. The van der Waals surface area contributed by atoms with Crippen molar-refractivity contribution in [3.63, 3.8) is 0 Å². The van der Waals surface area contributed by atoms with Gasteiger partial charge in [-0.15, -0.1) is 0 Å². The van der Waals surface area contributed by atoms with Crippen LogP contribution in [0, 0.1) is 0 Å². The van der Waals surface area contributed by atoms with Crippen LogP contribution in [0.15, 0.2) is 217 Å². The topological polar surface area (TPSA) is 61.7 Å². The Labute approximate surface area is 361 Å². The Kier molecular flexibility index (Phi) is 7.80. The highest BCUT2D eigenvalue weighted by Crippen LogP contribution is 2.44. The molecule has 0 saturated carbocycles. The van der Waals surface area contributed by atoms with Crippen LogP contribution >= 0.6 is 0 Å². The Morgan fingerprint density at radius 1 is 0.302 bits per heavy atom. The van der Waals surface area contributed by atoms with Crippen LogP contribution in [0.3, 0.4) is 0 Å². The lowest BCUT2D eigenvalue weighted by Gasteiger charge is -2.10. The largest absolute Gasteiger partial charge is 0.456 e. The summed E-state index contributed by atoms with van der Waals surface area (Å²) < 4.78 is 11.5. The molecule has 0 aliphatic heterocycles. The zero-order valence-corrected chi connectivity index (χ0v) is 33.9. The maximum Gasteiger partial charge on any atom is 0.164 e. The number of furan rings is 1. The van der Waals surface area contributed by atoms with E-state index in [0.29, 0.717) is 17.5 Å². The summed E-state index contributed by atoms with van der Waals surface area (Å²) in [5.74, 6) is 1.81. The van der Waals surface area contributed by atoms with Crippen molar-refractivity contribution >= 4 is 65.6 Å². The highest BCUT2D eigenvalue weighted by Gasteiger charge is 2.22. The van der Waals surface area contributed by atoms with Gasteiger partial charge in [0.25, 0.3) is 0 Å². The average molecular weight is 806 g/mol. The van der Waals surface area contributed by atoms with Crippen molar-refractivity contribution in [2.24, 2.45) is 0 Å². The van der Waals surface area contributed by atoms with Gasteiger partial charge < -0.3 is 13.6 Å². The average Bonchev–Trinajstić information content (AvgIpc) is 4.02. The van der Waals surface area contributed by atoms with E-state index in [-0.39, 0.29) is 0 Å². The third-order valence-electron chi connectivity index (χ3n) is 12.4. The van der Waals surface area contributed by atoms with Crippen molar-refractivity contribution in [3.8, 4) is 56.7 Å². The van der Waals surface area contributed by atoms with E-state index in [1.807, 2.05) is 48.5 Å². The molecule has 0 amide bonds. The fourth-order valence-corrected chi connectivity index (χ4v) is 9.58. The Morgan fingerprint density at radius 3 is 1.46 bits per heavy atom. The van der Waals surface area contributed by atoms with Crippen LogP contribution in [-0.2, 0) is 0 Å². The van der Waals surface area contributed by atoms with Crippen LogP contribution < -0.4 is 0 Å². The third kappa shape index (κ3) is 5.55. The molecule has 0 aliphatic rings. The molecule has 294 valence electrons. The molecule has 0 aliphatic carbocycles. The van der Waals surface area contributed by atoms with E-state index < -0.39 is 0 Å². The lowest BCUT2D eigenvalue weighted by Crippen LogP contribution is -2.00. The quantitative estimate of drug-likeness (QED) is 0.168. The first kappa shape index (κ1) is 35.2. The van der Waals surface area contributed by atoms with Gasteiger partial charge in [0.15, 0.2) is 17.5 Å². The highest BCUT2D eigenvalue weighted by atomic mass is 16.3. The minimum absolute atomic E-state index is 0.587. The van der Waals surface area contributed by atoms with E-state index >= 15 is 0 Å². The van der Waals surface area contributed by atoms with Gasteiger partial charge in [0, 0.05) is 66.4 Å². The number of hydrogen-bond donors (Lipinski definition) is 0. The van der Waals surface area contributed by atoms with E-state index in [1.165, 1.54) is 32.6 Å². The number of rotatable bonds is 6. The van der Waals surface area contributed by atoms with Crippen LogP contribution in [0.1, 0.15) is 0 Å². The molecule has 6 heteroatoms. The Hall–Kier alpha value is -8.61. The smallest absolute Gasteiger partial charge is 0.164 e. The molecule has 0 N–H and O–H groups in total. The first-order chi connectivity index (χ1) is 31.2. The van der Waals surface area contributed by atoms with Gasteiger partial charge in [0.05, 0.1) is 22.1 Å². The summed E-state index contributed by atoms with van der Waals surface area (Å²) in [5, 5.41) is 6.87. The van der Waals surface area contributed by atoms with E-state index in [2.05, 4.69) is 173 Å². The van der Waals surface area contributed by atoms with Crippen molar-refractivity contribution < 1.29 is 4.42 Å². The molecule has 4 aromatic heterocycles. The first-order valence-corrected chi connectivity index (χ1v) is 21.2. The predicted octanol–water partition coefficient (Wildman–Crippen LogP) is 14.6. The lowest BCUT2D eigenvalue weighted by atomic mass is 10.0. The molecule has 0 saturated heterocycles. The fraction of sp³-hybridized carbons (Fsp3) is 0. The second kappa shape index (κ2) is 14.0. The second-order valence-corrected chi connectivity index (χ2v) is 16.0. The minimum Gasteiger partial charge on any atom is -0.456 e. The lowest BCUT2D eigenvalue weighted by molar-refractivity contribution is 0.668. The molecule has 4 heterocycles. The van der Waals surface area contributed by atoms with Crippen molar-refractivity contribution in [3.05, 3.63) is 212 Å². The van der Waals surface area contributed by atoms with Crippen LogP contribution in [-0.4, -0.2) is 24.1 Å². The Bertz CT molecular complexity index is 3890. The summed E-state index contributed by atoms with van der Waals surface area (Å²) in [6.45, 7) is 0. The van der Waals surface area contributed by atoms with Crippen LogP contribution in [0.5, 0.6) is 0 Å². The molecule has 0 spiro atoms. The van der Waals surface area contributed by atoms with E-state index in [9.17, 15) is 0 Å². The minimum atomic E-state index is 0.587. The van der Waals surface area contributed by atoms with Gasteiger partial charge in [-0.25, -0.2) is 15.0 Å². The number of hydrogen-bond acceptors (Lipinski definition) is 4. The molecule has 63 heavy (non-hydrogen) atoms. The zero-order valence-electron chi connectivity index (χ0n) is 33.9. The van der Waals surface area contributed by atoms with Crippen molar-refractivity contribution in [2.45, 2.75) is 0 Å². The van der Waals surface area contributed by atoms with Gasteiger partial charge in [-0.2, -0.15) is 0 Å². The van der Waals surface area contributed by atoms with Gasteiger partial charge in [0.2, 0.25) is 0 Å². The maximum absolute atomic E-state index is 6.75. The SMILES string of the molecule is c1ccc(-c2ccc(-c3nc(-c4ccccc4)nc(-c4cccc5oc6cc(-n7c8ccccc8c8c9c%10ccccc%10n(-c%10ccccc%10)c9ccc87)ccc6c45)n3)cc2)cc1. The van der Waals surface area contributed by atoms with Crippen molar-refractivity contribution in [2.75, 3.05) is 0 Å². The molecule has 0 unspecified atom stereocenters. The first-order valence-electron chi connectivity index (χ1n) is 21.2. The van der Waals surface area contributed by atoms with Gasteiger partial charge in [-0.3, -0.25) is 0 Å². The van der Waals surface area contributed by atoms with Gasteiger partial charge in [-0.1, -0.05) is 152 Å². The number of aromatic nitrogens is 5. The Morgan fingerprint density at radius 2 is 0.810 bits per heavy atom. The molecule has 9 aromatic carbocycles. The summed E-state index contributed by atoms with van der Waals surface area (Å²) in [6, 6.07) is 74.3. The molecule has 13 aromatic rings. The number of para-hydroxylation sites is 3. The summed E-state index contributed by atoms with van der Waals surface area (Å²) >= 11 is 0. The zero-order chi connectivity index (χ0) is 41.4. The molecule has 0 bridgehead atoms. The third-order valence-corrected chi connectivity index (χ3v) is 12.4. The molecule has 13 rings (SSSR count). The van der Waals surface area contributed by atoms with Gasteiger partial charge >= 0.3 is 0 Å². The van der Waals surface area contributed by atoms with Gasteiger partial charge in [-0.05, 0) is 65.7 Å². The van der Waals surface area contributed by atoms with Crippen LogP contribution in [0.25, 0.3) is 122 Å². The molecular formula is C57H35N5O. The molecule has 0 radical (unpaired) electrons. The number of benzene rings is 9. The van der Waals surface area contributed by atoms with Gasteiger partial charge in [0.1, 0.15) is 11.2 Å². The molecular weight excluding hydrogens is 771 g/mol. The number of fused-ring (bicyclic) bond motifs is 10. The summed E-state index contributed by atoms with van der Waals surface area (Å²) in [7, 11) is 0. The number of nitrogens with zero attached hydrogens (tertiary/aromatic N) is 5. The second-order valence-electron chi connectivity index (χ2n) is 16.0. The molecule has 0 fully saturated rings. The summed E-state index contributed by atoms with van der Waals surface area (Å²) in [5.41, 5.74) is 13.4. The van der Waals surface area contributed by atoms with E-state index in [4.69, 9.17) is 19.4 Å². The maximum atomic E-state index is 6.75. The van der Waals surface area contributed by atoms with Crippen molar-refractivity contribution in [1.29, 1.82) is 0 Å². The summed E-state index contributed by atoms with van der Waals surface area (Å²) in [4.78, 5) is 15.3. The summed E-state index contributed by atoms with van der Waals surface area (Å²) in [6.07, 6.45) is 0. The van der Waals surface area contributed by atoms with Crippen LogP contribution in [0.2, 0.25) is 0 Å². The van der Waals surface area contributed by atoms with E-state index in [0.717, 1.165) is 72.2 Å². The molecule has 0 atom stereocenters. The van der Waals surface area contributed by atoms with E-state index in [1.54, 1.807) is 0 Å². The predicted molar refractivity (Wildman–Crippen MR) is 258 cm³/mol. The normalized spacial score (nSPS) is 11.8. The highest BCUT2D eigenvalue weighted by molar-refractivity contribution is 6.29. The Balaban J connectivity index is 0.986. The fourth-order valence-electron chi connectivity index (χ4n) is 9.58. The van der Waals surface area contributed by atoms with Crippen LogP contribution in [0.4, 0.5) is 0 Å². The van der Waals surface area contributed by atoms with Crippen molar-refractivity contribution in [1.82, 2.24) is 24.1 Å². The molecule has 6 nitrogen and oxygen atoms in total.